The molecule has 2 aromatic rings. The minimum Gasteiger partial charge on any atom is -0.356 e. The number of rotatable bonds is 4. The van der Waals surface area contributed by atoms with E-state index in [1.54, 1.807) is 10.9 Å². The van der Waals surface area contributed by atoms with Crippen LogP contribution < -0.4 is 10.5 Å². The van der Waals surface area contributed by atoms with Crippen molar-refractivity contribution >= 4 is 5.82 Å². The molecule has 0 N–H and O–H groups in total. The lowest BCUT2D eigenvalue weighted by Crippen LogP contribution is -2.37. The summed E-state index contributed by atoms with van der Waals surface area (Å²) in [5.74, 6) is 3.16. The topological polar surface area (TPSA) is 63.9 Å². The fourth-order valence-corrected chi connectivity index (χ4v) is 3.51. The molecule has 1 aliphatic heterocycles. The van der Waals surface area contributed by atoms with E-state index in [1.165, 1.54) is 12.8 Å². The zero-order chi connectivity index (χ0) is 17.4. The summed E-state index contributed by atoms with van der Waals surface area (Å²) in [7, 11) is 0. The van der Waals surface area contributed by atoms with E-state index in [1.807, 2.05) is 26.1 Å². The first-order chi connectivity index (χ1) is 12.1. The molecule has 1 saturated carbocycles. The summed E-state index contributed by atoms with van der Waals surface area (Å²) < 4.78 is 1.78. The molecule has 0 aromatic carbocycles. The first-order valence-corrected chi connectivity index (χ1v) is 9.22. The van der Waals surface area contributed by atoms with E-state index < -0.39 is 0 Å². The summed E-state index contributed by atoms with van der Waals surface area (Å²) in [6.07, 6.45) is 8.19. The molecule has 0 spiro atoms. The van der Waals surface area contributed by atoms with E-state index in [-0.39, 0.29) is 5.56 Å². The van der Waals surface area contributed by atoms with Gasteiger partial charge >= 0.3 is 0 Å². The van der Waals surface area contributed by atoms with Crippen molar-refractivity contribution in [3.63, 3.8) is 0 Å². The fourth-order valence-electron chi connectivity index (χ4n) is 3.51. The maximum Gasteiger partial charge on any atom is 0.256 e. The normalized spacial score (nSPS) is 18.6. The van der Waals surface area contributed by atoms with Crippen molar-refractivity contribution in [2.75, 3.05) is 18.0 Å². The van der Waals surface area contributed by atoms with Gasteiger partial charge in [-0.15, -0.1) is 0 Å². The molecule has 1 aliphatic carbocycles. The number of hydrogen-bond donors (Lipinski definition) is 0. The summed E-state index contributed by atoms with van der Waals surface area (Å²) in [5.41, 5.74) is 1.68. The SMILES string of the molecule is Cc1ncn(CC2CCN(c3ccnc(C4CC4)n3)CC2)c(=O)c1C. The van der Waals surface area contributed by atoms with Crippen molar-refractivity contribution in [1.82, 2.24) is 19.5 Å². The van der Waals surface area contributed by atoms with Gasteiger partial charge in [0.2, 0.25) is 0 Å². The molecule has 0 radical (unpaired) electrons. The Balaban J connectivity index is 1.39. The molecule has 0 amide bonds. The van der Waals surface area contributed by atoms with Gasteiger partial charge in [-0.3, -0.25) is 9.36 Å². The summed E-state index contributed by atoms with van der Waals surface area (Å²) in [5, 5.41) is 0. The van der Waals surface area contributed by atoms with Crippen LogP contribution in [0.1, 0.15) is 48.7 Å². The first kappa shape index (κ1) is 16.2. The average Bonchev–Trinajstić information content (AvgIpc) is 3.48. The van der Waals surface area contributed by atoms with Crippen molar-refractivity contribution in [2.24, 2.45) is 5.92 Å². The predicted molar refractivity (Wildman–Crippen MR) is 96.9 cm³/mol. The Bertz CT molecular complexity index is 819. The third-order valence-corrected chi connectivity index (χ3v) is 5.51. The molecule has 2 fully saturated rings. The standard InChI is InChI=1S/C19H25N5O/c1-13-14(2)21-12-24(19(13)25)11-15-6-9-23(10-7-15)17-5-8-20-18(22-17)16-3-4-16/h5,8,12,15-16H,3-4,6-7,9-11H2,1-2H3. The Hall–Kier alpha value is -2.24. The number of nitrogens with zero attached hydrogens (tertiary/aromatic N) is 5. The second-order valence-corrected chi connectivity index (χ2v) is 7.39. The molecule has 25 heavy (non-hydrogen) atoms. The number of aryl methyl sites for hydroxylation is 1. The maximum atomic E-state index is 12.4. The van der Waals surface area contributed by atoms with Gasteiger partial charge in [0.05, 0.1) is 6.33 Å². The molecule has 132 valence electrons. The highest BCUT2D eigenvalue weighted by Crippen LogP contribution is 2.38. The zero-order valence-corrected chi connectivity index (χ0v) is 15.0. The first-order valence-electron chi connectivity index (χ1n) is 9.22. The molecule has 4 rings (SSSR count). The van der Waals surface area contributed by atoms with Gasteiger partial charge in [-0.1, -0.05) is 0 Å². The zero-order valence-electron chi connectivity index (χ0n) is 15.0. The van der Waals surface area contributed by atoms with Crippen molar-refractivity contribution in [3.05, 3.63) is 46.0 Å². The smallest absolute Gasteiger partial charge is 0.256 e. The average molecular weight is 339 g/mol. The Morgan fingerprint density at radius 3 is 2.60 bits per heavy atom. The third-order valence-electron chi connectivity index (χ3n) is 5.51. The largest absolute Gasteiger partial charge is 0.356 e. The summed E-state index contributed by atoms with van der Waals surface area (Å²) >= 11 is 0. The monoisotopic (exact) mass is 339 g/mol. The van der Waals surface area contributed by atoms with Crippen LogP contribution in [0.15, 0.2) is 23.4 Å². The number of anilines is 1. The van der Waals surface area contributed by atoms with Crippen LogP contribution in [0.3, 0.4) is 0 Å². The molecular formula is C19H25N5O. The maximum absolute atomic E-state index is 12.4. The molecule has 6 heteroatoms. The minimum atomic E-state index is 0.0970. The highest BCUT2D eigenvalue weighted by atomic mass is 16.1. The van der Waals surface area contributed by atoms with Crippen LogP contribution >= 0.6 is 0 Å². The van der Waals surface area contributed by atoms with Crippen LogP contribution in [0.4, 0.5) is 5.82 Å². The second kappa shape index (κ2) is 6.58. The van der Waals surface area contributed by atoms with Gasteiger partial charge in [-0.05, 0) is 51.5 Å². The van der Waals surface area contributed by atoms with Crippen LogP contribution in [0, 0.1) is 19.8 Å². The molecule has 0 bridgehead atoms. The van der Waals surface area contributed by atoms with E-state index in [9.17, 15) is 4.79 Å². The number of hydrogen-bond acceptors (Lipinski definition) is 5. The van der Waals surface area contributed by atoms with Gasteiger partial charge in [0.25, 0.3) is 5.56 Å². The Morgan fingerprint density at radius 1 is 1.12 bits per heavy atom. The van der Waals surface area contributed by atoms with E-state index >= 15 is 0 Å². The molecule has 6 nitrogen and oxygen atoms in total. The van der Waals surface area contributed by atoms with Gasteiger partial charge in [0.15, 0.2) is 0 Å². The number of aromatic nitrogens is 4. The van der Waals surface area contributed by atoms with Crippen molar-refractivity contribution < 1.29 is 0 Å². The molecule has 2 aromatic heterocycles. The Labute approximate surface area is 148 Å². The second-order valence-electron chi connectivity index (χ2n) is 7.39. The minimum absolute atomic E-state index is 0.0970. The van der Waals surface area contributed by atoms with Gasteiger partial charge in [-0.25, -0.2) is 15.0 Å². The molecule has 0 atom stereocenters. The summed E-state index contributed by atoms with van der Waals surface area (Å²) in [6.45, 7) is 6.48. The van der Waals surface area contributed by atoms with Crippen LogP contribution in [0.2, 0.25) is 0 Å². The van der Waals surface area contributed by atoms with E-state index in [0.29, 0.717) is 11.8 Å². The van der Waals surface area contributed by atoms with Gasteiger partial charge < -0.3 is 4.90 Å². The highest BCUT2D eigenvalue weighted by Gasteiger charge is 2.28. The molecule has 3 heterocycles. The van der Waals surface area contributed by atoms with Crippen molar-refractivity contribution in [1.29, 1.82) is 0 Å². The van der Waals surface area contributed by atoms with Crippen LogP contribution in [-0.2, 0) is 6.54 Å². The lowest BCUT2D eigenvalue weighted by atomic mass is 9.96. The molecule has 1 saturated heterocycles. The van der Waals surface area contributed by atoms with Crippen molar-refractivity contribution in [2.45, 2.75) is 52.0 Å². The van der Waals surface area contributed by atoms with E-state index in [2.05, 4.69) is 14.9 Å². The Kier molecular flexibility index (Phi) is 4.27. The Morgan fingerprint density at radius 2 is 1.88 bits per heavy atom. The lowest BCUT2D eigenvalue weighted by molar-refractivity contribution is 0.349. The van der Waals surface area contributed by atoms with E-state index in [0.717, 1.165) is 55.4 Å². The third kappa shape index (κ3) is 3.43. The van der Waals surface area contributed by atoms with Gasteiger partial charge in [-0.2, -0.15) is 0 Å². The summed E-state index contributed by atoms with van der Waals surface area (Å²) in [6, 6.07) is 2.02. The lowest BCUT2D eigenvalue weighted by Gasteiger charge is -2.33. The predicted octanol–water partition coefficient (Wildman–Crippen LogP) is 2.44. The van der Waals surface area contributed by atoms with Crippen LogP contribution in [0.5, 0.6) is 0 Å². The van der Waals surface area contributed by atoms with Crippen LogP contribution in [-0.4, -0.2) is 32.6 Å². The fraction of sp³-hybridized carbons (Fsp3) is 0.579. The highest BCUT2D eigenvalue weighted by molar-refractivity contribution is 5.38. The quantitative estimate of drug-likeness (QED) is 0.856. The molecule has 2 aliphatic rings. The van der Waals surface area contributed by atoms with Crippen LogP contribution in [0.25, 0.3) is 0 Å². The van der Waals surface area contributed by atoms with Gasteiger partial charge in [0, 0.05) is 43.0 Å². The molecular weight excluding hydrogens is 314 g/mol. The van der Waals surface area contributed by atoms with Crippen molar-refractivity contribution in [3.8, 4) is 0 Å². The van der Waals surface area contributed by atoms with Gasteiger partial charge in [0.1, 0.15) is 11.6 Å². The number of piperidine rings is 1. The molecule has 0 unspecified atom stereocenters. The summed E-state index contributed by atoms with van der Waals surface area (Å²) in [4.78, 5) is 28.2. The van der Waals surface area contributed by atoms with E-state index in [4.69, 9.17) is 4.98 Å².